The van der Waals surface area contributed by atoms with Crippen LogP contribution in [0.5, 0.6) is 0 Å². The Bertz CT molecular complexity index is 515. The van der Waals surface area contributed by atoms with Crippen molar-refractivity contribution in [1.29, 1.82) is 0 Å². The molecule has 0 amide bonds. The molecular formula is C16H16OS. The van der Waals surface area contributed by atoms with Crippen molar-refractivity contribution >= 4 is 17.6 Å². The molecule has 2 aromatic rings. The van der Waals surface area contributed by atoms with E-state index >= 15 is 0 Å². The van der Waals surface area contributed by atoms with Crippen LogP contribution in [0.2, 0.25) is 0 Å². The molecule has 0 aliphatic carbocycles. The summed E-state index contributed by atoms with van der Waals surface area (Å²) in [6, 6.07) is 11.9. The zero-order chi connectivity index (χ0) is 13.0. The van der Waals surface area contributed by atoms with E-state index in [0.29, 0.717) is 0 Å². The number of hydrogen-bond acceptors (Lipinski definition) is 2. The molecule has 2 rings (SSSR count). The van der Waals surface area contributed by atoms with E-state index in [4.69, 9.17) is 0 Å². The minimum atomic E-state index is -0.565. The molecule has 1 heterocycles. The van der Waals surface area contributed by atoms with Crippen LogP contribution in [0.25, 0.3) is 0 Å². The number of thiophene rings is 1. The molecule has 0 radical (unpaired) electrons. The summed E-state index contributed by atoms with van der Waals surface area (Å²) < 4.78 is 0. The lowest BCUT2D eigenvalue weighted by Crippen LogP contribution is -2.30. The average Bonchev–Trinajstić information content (AvgIpc) is 2.94. The third-order valence-electron chi connectivity index (χ3n) is 3.42. The van der Waals surface area contributed by atoms with Gasteiger partial charge in [-0.05, 0) is 34.9 Å². The standard InChI is InChI=1S/C16H16OS/c1-3-15(13-9-10-18-11-13)16(2,12-17)14-7-5-4-6-8-14/h3-12,15H,1H2,2H3/t15-,16-/m1/s1. The Morgan fingerprint density at radius 3 is 2.50 bits per heavy atom. The summed E-state index contributed by atoms with van der Waals surface area (Å²) >= 11 is 1.64. The topological polar surface area (TPSA) is 17.1 Å². The van der Waals surface area contributed by atoms with E-state index < -0.39 is 5.41 Å². The monoisotopic (exact) mass is 256 g/mol. The summed E-state index contributed by atoms with van der Waals surface area (Å²) in [7, 11) is 0. The highest BCUT2D eigenvalue weighted by molar-refractivity contribution is 7.08. The number of carbonyl (C=O) groups is 1. The third kappa shape index (κ3) is 2.16. The van der Waals surface area contributed by atoms with Crippen molar-refractivity contribution in [2.45, 2.75) is 18.3 Å². The largest absolute Gasteiger partial charge is 0.302 e. The zero-order valence-electron chi connectivity index (χ0n) is 10.4. The van der Waals surface area contributed by atoms with E-state index in [9.17, 15) is 4.79 Å². The van der Waals surface area contributed by atoms with Crippen molar-refractivity contribution in [2.75, 3.05) is 0 Å². The van der Waals surface area contributed by atoms with Gasteiger partial charge in [-0.3, -0.25) is 0 Å². The van der Waals surface area contributed by atoms with Crippen LogP contribution in [0.1, 0.15) is 24.0 Å². The van der Waals surface area contributed by atoms with Gasteiger partial charge in [0, 0.05) is 5.92 Å². The summed E-state index contributed by atoms with van der Waals surface area (Å²) in [5.41, 5.74) is 1.61. The second-order valence-electron chi connectivity index (χ2n) is 4.54. The van der Waals surface area contributed by atoms with Crippen LogP contribution < -0.4 is 0 Å². The SMILES string of the molecule is C=C[C@H](c1ccsc1)[C@](C)(C=O)c1ccccc1. The van der Waals surface area contributed by atoms with E-state index in [-0.39, 0.29) is 5.92 Å². The first-order valence-electron chi connectivity index (χ1n) is 5.89. The predicted molar refractivity (Wildman–Crippen MR) is 77.1 cm³/mol. The molecular weight excluding hydrogens is 240 g/mol. The van der Waals surface area contributed by atoms with Crippen LogP contribution in [0.15, 0.2) is 59.8 Å². The maximum absolute atomic E-state index is 11.7. The first-order chi connectivity index (χ1) is 8.72. The number of allylic oxidation sites excluding steroid dienone is 1. The van der Waals surface area contributed by atoms with Gasteiger partial charge < -0.3 is 4.79 Å². The van der Waals surface area contributed by atoms with E-state index in [1.807, 2.05) is 48.7 Å². The van der Waals surface area contributed by atoms with Crippen molar-refractivity contribution in [2.24, 2.45) is 0 Å². The molecule has 2 heteroatoms. The Hall–Kier alpha value is -1.67. The highest BCUT2D eigenvalue weighted by Crippen LogP contribution is 2.38. The van der Waals surface area contributed by atoms with Crippen molar-refractivity contribution in [1.82, 2.24) is 0 Å². The fraction of sp³-hybridized carbons (Fsp3) is 0.188. The molecule has 0 spiro atoms. The second-order valence-corrected chi connectivity index (χ2v) is 5.32. The molecule has 0 N–H and O–H groups in total. The summed E-state index contributed by atoms with van der Waals surface area (Å²) in [5.74, 6) is 0.00338. The summed E-state index contributed by atoms with van der Waals surface area (Å²) in [5, 5.41) is 4.11. The van der Waals surface area contributed by atoms with E-state index in [1.54, 1.807) is 11.3 Å². The second kappa shape index (κ2) is 5.32. The number of rotatable bonds is 5. The molecule has 1 nitrogen and oxygen atoms in total. The van der Waals surface area contributed by atoms with Crippen LogP contribution in [-0.2, 0) is 10.2 Å². The minimum absolute atomic E-state index is 0.00338. The summed E-state index contributed by atoms with van der Waals surface area (Å²) in [6.07, 6.45) is 2.90. The molecule has 1 aromatic carbocycles. The molecule has 0 bridgehead atoms. The molecule has 0 aliphatic heterocycles. The number of benzene rings is 1. The molecule has 0 unspecified atom stereocenters. The quantitative estimate of drug-likeness (QED) is 0.579. The first kappa shape index (κ1) is 12.8. The van der Waals surface area contributed by atoms with Crippen LogP contribution >= 0.6 is 11.3 Å². The number of carbonyl (C=O) groups excluding carboxylic acids is 1. The van der Waals surface area contributed by atoms with E-state index in [1.165, 1.54) is 0 Å². The molecule has 18 heavy (non-hydrogen) atoms. The Morgan fingerprint density at radius 2 is 2.00 bits per heavy atom. The fourth-order valence-electron chi connectivity index (χ4n) is 2.30. The molecule has 2 atom stereocenters. The molecule has 0 aliphatic rings. The number of aldehydes is 1. The zero-order valence-corrected chi connectivity index (χ0v) is 11.2. The maximum Gasteiger partial charge on any atom is 0.131 e. The highest BCUT2D eigenvalue weighted by Gasteiger charge is 2.35. The van der Waals surface area contributed by atoms with Gasteiger partial charge in [0.1, 0.15) is 6.29 Å². The lowest BCUT2D eigenvalue weighted by atomic mass is 9.70. The lowest BCUT2D eigenvalue weighted by molar-refractivity contribution is -0.112. The van der Waals surface area contributed by atoms with Gasteiger partial charge in [-0.1, -0.05) is 36.4 Å². The van der Waals surface area contributed by atoms with Crippen LogP contribution in [-0.4, -0.2) is 6.29 Å². The Labute approximate surface area is 112 Å². The lowest BCUT2D eigenvalue weighted by Gasteiger charge is -2.31. The molecule has 0 saturated carbocycles. The molecule has 0 fully saturated rings. The Morgan fingerprint density at radius 1 is 1.28 bits per heavy atom. The summed E-state index contributed by atoms with van der Waals surface area (Å²) in [4.78, 5) is 11.7. The average molecular weight is 256 g/mol. The third-order valence-corrected chi connectivity index (χ3v) is 4.13. The predicted octanol–water partition coefficient (Wildman–Crippen LogP) is 4.17. The Kier molecular flexibility index (Phi) is 3.78. The Balaban J connectivity index is 2.49. The smallest absolute Gasteiger partial charge is 0.131 e. The molecule has 1 aromatic heterocycles. The van der Waals surface area contributed by atoms with Gasteiger partial charge in [0.15, 0.2) is 0 Å². The van der Waals surface area contributed by atoms with Gasteiger partial charge in [-0.2, -0.15) is 11.3 Å². The number of hydrogen-bond donors (Lipinski definition) is 0. The highest BCUT2D eigenvalue weighted by atomic mass is 32.1. The first-order valence-corrected chi connectivity index (χ1v) is 6.83. The van der Waals surface area contributed by atoms with Crippen molar-refractivity contribution in [3.63, 3.8) is 0 Å². The van der Waals surface area contributed by atoms with Crippen LogP contribution in [0.4, 0.5) is 0 Å². The van der Waals surface area contributed by atoms with Crippen molar-refractivity contribution in [3.8, 4) is 0 Å². The van der Waals surface area contributed by atoms with E-state index in [0.717, 1.165) is 17.4 Å². The van der Waals surface area contributed by atoms with Gasteiger partial charge >= 0.3 is 0 Å². The fourth-order valence-corrected chi connectivity index (χ4v) is 2.99. The minimum Gasteiger partial charge on any atom is -0.302 e. The molecule has 0 saturated heterocycles. The molecule has 92 valence electrons. The van der Waals surface area contributed by atoms with Crippen LogP contribution in [0.3, 0.4) is 0 Å². The normalized spacial score (nSPS) is 15.6. The van der Waals surface area contributed by atoms with Gasteiger partial charge in [0.25, 0.3) is 0 Å². The van der Waals surface area contributed by atoms with Gasteiger partial charge in [-0.25, -0.2) is 0 Å². The summed E-state index contributed by atoms with van der Waals surface area (Å²) in [6.45, 7) is 5.87. The van der Waals surface area contributed by atoms with Gasteiger partial charge in [-0.15, -0.1) is 6.58 Å². The van der Waals surface area contributed by atoms with Crippen molar-refractivity contribution in [3.05, 3.63) is 70.9 Å². The van der Waals surface area contributed by atoms with Gasteiger partial charge in [0.2, 0.25) is 0 Å². The van der Waals surface area contributed by atoms with Crippen LogP contribution in [0, 0.1) is 0 Å². The van der Waals surface area contributed by atoms with E-state index in [2.05, 4.69) is 18.0 Å². The van der Waals surface area contributed by atoms with Crippen molar-refractivity contribution < 1.29 is 4.79 Å². The van der Waals surface area contributed by atoms with Gasteiger partial charge in [0.05, 0.1) is 5.41 Å². The maximum atomic E-state index is 11.7.